The molecule has 3 heterocycles. The molecule has 1 N–H and O–H groups in total. The van der Waals surface area contributed by atoms with Crippen LogP contribution in [0.3, 0.4) is 0 Å². The van der Waals surface area contributed by atoms with Gasteiger partial charge in [0, 0.05) is 36.8 Å². The molecule has 2 amide bonds. The van der Waals surface area contributed by atoms with E-state index in [1.165, 1.54) is 6.20 Å². The van der Waals surface area contributed by atoms with Gasteiger partial charge in [0.1, 0.15) is 34.4 Å². The zero-order chi connectivity index (χ0) is 25.2. The fourth-order valence-electron chi connectivity index (χ4n) is 3.96. The largest absolute Gasteiger partial charge is 0.487 e. The number of hydrogen-bond donors (Lipinski definition) is 1. The van der Waals surface area contributed by atoms with Crippen LogP contribution in [0.1, 0.15) is 59.7 Å². The molecule has 1 aliphatic rings. The van der Waals surface area contributed by atoms with Crippen LogP contribution >= 0.6 is 0 Å². The number of nitrogens with one attached hydrogen (secondary N) is 1. The smallest absolute Gasteiger partial charge is 0.272 e. The number of hydrogen-bond acceptors (Lipinski definition) is 6. The Bertz CT molecular complexity index is 1230. The third-order valence-electron chi connectivity index (χ3n) is 5.81. The minimum absolute atomic E-state index is 0.124. The molecule has 8 heteroatoms. The quantitative estimate of drug-likeness (QED) is 0.517. The van der Waals surface area contributed by atoms with Gasteiger partial charge in [-0.05, 0) is 70.5 Å². The van der Waals surface area contributed by atoms with Crippen molar-refractivity contribution in [1.82, 2.24) is 14.9 Å². The van der Waals surface area contributed by atoms with Crippen LogP contribution in [0.5, 0.6) is 17.2 Å². The Labute approximate surface area is 205 Å². The van der Waals surface area contributed by atoms with Crippen molar-refractivity contribution in [2.75, 3.05) is 18.4 Å². The number of fused-ring (bicyclic) bond motifs is 1. The van der Waals surface area contributed by atoms with Gasteiger partial charge in [-0.3, -0.25) is 9.59 Å². The lowest BCUT2D eigenvalue weighted by Gasteiger charge is -2.18. The topological polar surface area (TPSA) is 93.7 Å². The highest BCUT2D eigenvalue weighted by Crippen LogP contribution is 2.43. The fraction of sp³-hybridized carbons (Fsp3) is 0.333. The van der Waals surface area contributed by atoms with Crippen molar-refractivity contribution >= 4 is 17.6 Å². The summed E-state index contributed by atoms with van der Waals surface area (Å²) >= 11 is 0. The molecule has 8 nitrogen and oxygen atoms in total. The first kappa shape index (κ1) is 24.2. The number of aromatic nitrogens is 2. The van der Waals surface area contributed by atoms with Gasteiger partial charge in [0.05, 0.1) is 6.20 Å². The fourth-order valence-corrected chi connectivity index (χ4v) is 3.96. The van der Waals surface area contributed by atoms with E-state index >= 15 is 0 Å². The molecule has 0 radical (unpaired) electrons. The van der Waals surface area contributed by atoms with Gasteiger partial charge >= 0.3 is 0 Å². The first-order chi connectivity index (χ1) is 16.7. The van der Waals surface area contributed by atoms with Gasteiger partial charge in [0.25, 0.3) is 11.8 Å². The van der Waals surface area contributed by atoms with Gasteiger partial charge in [-0.2, -0.15) is 0 Å². The van der Waals surface area contributed by atoms with E-state index < -0.39 is 5.60 Å². The van der Waals surface area contributed by atoms with Crippen LogP contribution in [-0.2, 0) is 6.42 Å². The van der Waals surface area contributed by atoms with Crippen LogP contribution in [0.15, 0.2) is 48.8 Å². The molecule has 0 aliphatic carbocycles. The molecule has 1 aromatic carbocycles. The van der Waals surface area contributed by atoms with Crippen molar-refractivity contribution in [2.45, 2.75) is 46.6 Å². The predicted octanol–water partition coefficient (Wildman–Crippen LogP) is 5.03. The van der Waals surface area contributed by atoms with E-state index in [1.54, 1.807) is 41.4 Å². The molecule has 0 atom stereocenters. The van der Waals surface area contributed by atoms with Crippen LogP contribution in [0.2, 0.25) is 0 Å². The molecular formula is C27H30N4O4. The Morgan fingerprint density at radius 3 is 2.49 bits per heavy atom. The molecular weight excluding hydrogens is 444 g/mol. The van der Waals surface area contributed by atoms with Crippen molar-refractivity contribution in [3.8, 4) is 17.2 Å². The standard InChI is InChI=1S/C27H30N4O4/c1-6-31(7-2)26(33)21-10-9-19(16-28-21)34-22-12-18(13-23-20(22)14-27(4,5)35-23)25(32)30-24-11-8-17(3)15-29-24/h8-13,15-16H,6-7,14H2,1-5H3,(H,29,30,32). The van der Waals surface area contributed by atoms with Crippen molar-refractivity contribution in [3.63, 3.8) is 0 Å². The molecule has 0 bridgehead atoms. The molecule has 1 aliphatic heterocycles. The lowest BCUT2D eigenvalue weighted by atomic mass is 9.99. The minimum Gasteiger partial charge on any atom is -0.487 e. The van der Waals surface area contributed by atoms with Crippen molar-refractivity contribution in [2.24, 2.45) is 0 Å². The molecule has 0 saturated heterocycles. The molecule has 3 aromatic rings. The van der Waals surface area contributed by atoms with Crippen LogP contribution in [0, 0.1) is 6.92 Å². The van der Waals surface area contributed by atoms with Gasteiger partial charge in [0.15, 0.2) is 0 Å². The highest BCUT2D eigenvalue weighted by molar-refractivity contribution is 6.04. The highest BCUT2D eigenvalue weighted by Gasteiger charge is 2.34. The molecule has 0 saturated carbocycles. The van der Waals surface area contributed by atoms with E-state index in [4.69, 9.17) is 9.47 Å². The zero-order valence-electron chi connectivity index (χ0n) is 20.7. The summed E-state index contributed by atoms with van der Waals surface area (Å²) in [4.78, 5) is 35.8. The Balaban J connectivity index is 1.60. The SMILES string of the molecule is CCN(CC)C(=O)c1ccc(Oc2cc(C(=O)Nc3ccc(C)cn3)cc3c2CC(C)(C)O3)cn1. The van der Waals surface area contributed by atoms with Gasteiger partial charge in [-0.1, -0.05) is 6.07 Å². The van der Waals surface area contributed by atoms with E-state index in [9.17, 15) is 9.59 Å². The lowest BCUT2D eigenvalue weighted by molar-refractivity contribution is 0.0767. The Hall–Kier alpha value is -3.94. The number of amides is 2. The third kappa shape index (κ3) is 5.42. The lowest BCUT2D eigenvalue weighted by Crippen LogP contribution is -2.31. The van der Waals surface area contributed by atoms with Crippen LogP contribution in [-0.4, -0.2) is 45.4 Å². The van der Waals surface area contributed by atoms with Crippen LogP contribution in [0.25, 0.3) is 0 Å². The average Bonchev–Trinajstić information content (AvgIpc) is 3.16. The molecule has 0 spiro atoms. The summed E-state index contributed by atoms with van der Waals surface area (Å²) in [5.41, 5.74) is 2.20. The maximum atomic E-state index is 13.0. The monoisotopic (exact) mass is 474 g/mol. The number of rotatable bonds is 7. The molecule has 2 aromatic heterocycles. The van der Waals surface area contributed by atoms with E-state index in [1.807, 2.05) is 40.7 Å². The average molecular weight is 475 g/mol. The maximum absolute atomic E-state index is 13.0. The first-order valence-electron chi connectivity index (χ1n) is 11.7. The van der Waals surface area contributed by atoms with Crippen molar-refractivity contribution in [3.05, 3.63) is 71.2 Å². The number of nitrogens with zero attached hydrogens (tertiary/aromatic N) is 3. The van der Waals surface area contributed by atoms with Gasteiger partial charge in [0.2, 0.25) is 0 Å². The van der Waals surface area contributed by atoms with Crippen molar-refractivity contribution < 1.29 is 19.1 Å². The second-order valence-corrected chi connectivity index (χ2v) is 9.12. The Morgan fingerprint density at radius 1 is 1.09 bits per heavy atom. The molecule has 182 valence electrons. The summed E-state index contributed by atoms with van der Waals surface area (Å²) < 4.78 is 12.2. The molecule has 35 heavy (non-hydrogen) atoms. The normalized spacial score (nSPS) is 13.5. The highest BCUT2D eigenvalue weighted by atomic mass is 16.5. The van der Waals surface area contributed by atoms with Gasteiger partial charge in [-0.15, -0.1) is 0 Å². The summed E-state index contributed by atoms with van der Waals surface area (Å²) in [6, 6.07) is 10.4. The second kappa shape index (κ2) is 9.74. The molecule has 0 fully saturated rings. The number of anilines is 1. The number of benzene rings is 1. The second-order valence-electron chi connectivity index (χ2n) is 9.12. The van der Waals surface area contributed by atoms with Crippen LogP contribution in [0.4, 0.5) is 5.82 Å². The Morgan fingerprint density at radius 2 is 1.86 bits per heavy atom. The van der Waals surface area contributed by atoms with Gasteiger partial charge < -0.3 is 19.7 Å². The first-order valence-corrected chi connectivity index (χ1v) is 11.7. The van der Waals surface area contributed by atoms with E-state index in [-0.39, 0.29) is 11.8 Å². The van der Waals surface area contributed by atoms with Crippen molar-refractivity contribution in [1.29, 1.82) is 0 Å². The summed E-state index contributed by atoms with van der Waals surface area (Å²) in [5.74, 6) is 1.60. The van der Waals surface area contributed by atoms with Crippen LogP contribution < -0.4 is 14.8 Å². The number of aryl methyl sites for hydroxylation is 1. The number of ether oxygens (including phenoxy) is 2. The van der Waals surface area contributed by atoms with Gasteiger partial charge in [-0.25, -0.2) is 9.97 Å². The van der Waals surface area contributed by atoms with E-state index in [0.717, 1.165) is 11.1 Å². The molecule has 4 rings (SSSR count). The molecule has 0 unspecified atom stereocenters. The summed E-state index contributed by atoms with van der Waals surface area (Å²) in [7, 11) is 0. The minimum atomic E-state index is -0.424. The predicted molar refractivity (Wildman–Crippen MR) is 133 cm³/mol. The summed E-state index contributed by atoms with van der Waals surface area (Å²) in [6.45, 7) is 11.0. The number of carbonyl (C=O) groups excluding carboxylic acids is 2. The maximum Gasteiger partial charge on any atom is 0.272 e. The number of pyridine rings is 2. The summed E-state index contributed by atoms with van der Waals surface area (Å²) in [5, 5.41) is 2.81. The number of carbonyl (C=O) groups is 2. The zero-order valence-corrected chi connectivity index (χ0v) is 20.7. The third-order valence-corrected chi connectivity index (χ3v) is 5.81. The Kier molecular flexibility index (Phi) is 6.73. The van der Waals surface area contributed by atoms with E-state index in [2.05, 4.69) is 15.3 Å². The van der Waals surface area contributed by atoms with E-state index in [0.29, 0.717) is 53.8 Å². The summed E-state index contributed by atoms with van der Waals surface area (Å²) in [6.07, 6.45) is 3.85.